The number of ether oxygens (including phenoxy) is 1. The Hall–Kier alpha value is -2.08. The van der Waals surface area contributed by atoms with Crippen molar-refractivity contribution in [2.75, 3.05) is 18.4 Å². The van der Waals surface area contributed by atoms with Gasteiger partial charge in [-0.15, -0.1) is 0 Å². The number of anilines is 1. The number of nitrogens with two attached hydrogens (primary N) is 1. The molecule has 0 aromatic heterocycles. The van der Waals surface area contributed by atoms with Crippen molar-refractivity contribution in [2.45, 2.75) is 32.5 Å². The molecule has 0 spiro atoms. The highest BCUT2D eigenvalue weighted by atomic mass is 16.5. The predicted octanol–water partition coefficient (Wildman–Crippen LogP) is 1.36. The minimum atomic E-state index is -0.426. The second-order valence-corrected chi connectivity index (χ2v) is 5.39. The zero-order valence-electron chi connectivity index (χ0n) is 12.3. The van der Waals surface area contributed by atoms with Gasteiger partial charge in [0.1, 0.15) is 0 Å². The van der Waals surface area contributed by atoms with E-state index in [1.54, 1.807) is 17.0 Å². The van der Waals surface area contributed by atoms with Crippen molar-refractivity contribution in [1.82, 2.24) is 4.90 Å². The maximum absolute atomic E-state index is 12.3. The molecule has 1 heterocycles. The summed E-state index contributed by atoms with van der Waals surface area (Å²) in [7, 11) is 0. The minimum Gasteiger partial charge on any atom is -0.372 e. The average Bonchev–Trinajstić information content (AvgIpc) is 2.39. The molecular formula is C15H21N3O3. The van der Waals surface area contributed by atoms with Gasteiger partial charge in [-0.25, -0.2) is 4.79 Å². The Balaban J connectivity index is 2.07. The van der Waals surface area contributed by atoms with Crippen molar-refractivity contribution in [2.24, 2.45) is 5.73 Å². The number of carbonyl (C=O) groups excluding carboxylic acids is 2. The molecule has 6 nitrogen and oxygen atoms in total. The van der Waals surface area contributed by atoms with Gasteiger partial charge < -0.3 is 20.7 Å². The number of nitrogens with zero attached hydrogens (tertiary/aromatic N) is 1. The number of morpholine rings is 1. The Bertz CT molecular complexity index is 523. The van der Waals surface area contributed by atoms with Crippen LogP contribution in [0.4, 0.5) is 10.5 Å². The average molecular weight is 291 g/mol. The van der Waals surface area contributed by atoms with Crippen LogP contribution < -0.4 is 11.1 Å². The second-order valence-electron chi connectivity index (χ2n) is 5.39. The number of primary amides is 1. The number of urea groups is 1. The molecule has 0 unspecified atom stereocenters. The van der Waals surface area contributed by atoms with Gasteiger partial charge in [0, 0.05) is 18.8 Å². The summed E-state index contributed by atoms with van der Waals surface area (Å²) in [5.41, 5.74) is 6.56. The van der Waals surface area contributed by atoms with E-state index in [0.29, 0.717) is 24.3 Å². The van der Waals surface area contributed by atoms with Crippen LogP contribution in [0.3, 0.4) is 0 Å². The predicted molar refractivity (Wildman–Crippen MR) is 79.9 cm³/mol. The van der Waals surface area contributed by atoms with Crippen LogP contribution in [0.5, 0.6) is 0 Å². The molecule has 114 valence electrons. The van der Waals surface area contributed by atoms with Crippen molar-refractivity contribution in [3.8, 4) is 0 Å². The third-order valence-electron chi connectivity index (χ3n) is 3.33. The summed E-state index contributed by atoms with van der Waals surface area (Å²) in [5.74, 6) is -0.426. The summed E-state index contributed by atoms with van der Waals surface area (Å²) >= 11 is 0. The van der Waals surface area contributed by atoms with E-state index >= 15 is 0 Å². The van der Waals surface area contributed by atoms with Crippen LogP contribution in [0.1, 0.15) is 19.4 Å². The van der Waals surface area contributed by atoms with E-state index in [9.17, 15) is 9.59 Å². The summed E-state index contributed by atoms with van der Waals surface area (Å²) in [6.07, 6.45) is 0.132. The smallest absolute Gasteiger partial charge is 0.322 e. The Labute approximate surface area is 124 Å². The molecule has 0 bridgehead atoms. The summed E-state index contributed by atoms with van der Waals surface area (Å²) in [4.78, 5) is 25.1. The van der Waals surface area contributed by atoms with Crippen LogP contribution in [0.15, 0.2) is 24.3 Å². The molecule has 1 aromatic rings. The first-order valence-corrected chi connectivity index (χ1v) is 7.03. The molecular weight excluding hydrogens is 270 g/mol. The summed E-state index contributed by atoms with van der Waals surface area (Å²) in [6.45, 7) is 4.98. The zero-order valence-corrected chi connectivity index (χ0v) is 12.3. The second kappa shape index (κ2) is 6.58. The van der Waals surface area contributed by atoms with E-state index in [-0.39, 0.29) is 24.7 Å². The summed E-state index contributed by atoms with van der Waals surface area (Å²) in [6, 6.07) is 6.99. The highest BCUT2D eigenvalue weighted by molar-refractivity contribution is 5.91. The highest BCUT2D eigenvalue weighted by Crippen LogP contribution is 2.18. The van der Waals surface area contributed by atoms with Gasteiger partial charge in [0.15, 0.2) is 0 Å². The Kier molecular flexibility index (Phi) is 4.80. The maximum Gasteiger partial charge on any atom is 0.322 e. The van der Waals surface area contributed by atoms with Gasteiger partial charge in [0.25, 0.3) is 0 Å². The molecule has 0 radical (unpaired) electrons. The van der Waals surface area contributed by atoms with E-state index < -0.39 is 5.91 Å². The van der Waals surface area contributed by atoms with Crippen molar-refractivity contribution < 1.29 is 14.3 Å². The van der Waals surface area contributed by atoms with Gasteiger partial charge in [-0.2, -0.15) is 0 Å². The van der Waals surface area contributed by atoms with Gasteiger partial charge in [-0.05, 0) is 25.5 Å². The standard InChI is InChI=1S/C15H21N3O3/c1-10-8-18(9-11(2)21-10)15(20)17-13-6-4-3-5-12(13)7-14(16)19/h3-6,10-11H,7-9H2,1-2H3,(H2,16,19)(H,17,20)/t10-,11-/m1/s1. The van der Waals surface area contributed by atoms with E-state index in [0.717, 1.165) is 0 Å². The number of carbonyl (C=O) groups is 2. The molecule has 1 aliphatic rings. The molecule has 3 amide bonds. The lowest BCUT2D eigenvalue weighted by molar-refractivity contribution is -0.117. The van der Waals surface area contributed by atoms with Gasteiger partial charge >= 0.3 is 6.03 Å². The first-order valence-electron chi connectivity index (χ1n) is 7.03. The SMILES string of the molecule is C[C@@H]1CN(C(=O)Nc2ccccc2CC(N)=O)C[C@@H](C)O1. The molecule has 6 heteroatoms. The van der Waals surface area contributed by atoms with Crippen LogP contribution in [0.2, 0.25) is 0 Å². The van der Waals surface area contributed by atoms with Crippen LogP contribution in [0.25, 0.3) is 0 Å². The largest absolute Gasteiger partial charge is 0.372 e. The van der Waals surface area contributed by atoms with E-state index in [1.165, 1.54) is 0 Å². The lowest BCUT2D eigenvalue weighted by Crippen LogP contribution is -2.49. The molecule has 0 saturated carbocycles. The first kappa shape index (κ1) is 15.3. The van der Waals surface area contributed by atoms with Gasteiger partial charge in [0.2, 0.25) is 5.91 Å². The van der Waals surface area contributed by atoms with Gasteiger partial charge in [-0.1, -0.05) is 18.2 Å². The third kappa shape index (κ3) is 4.19. The highest BCUT2D eigenvalue weighted by Gasteiger charge is 2.26. The monoisotopic (exact) mass is 291 g/mol. The molecule has 0 aliphatic carbocycles. The molecule has 1 saturated heterocycles. The lowest BCUT2D eigenvalue weighted by Gasteiger charge is -2.35. The molecule has 2 rings (SSSR count). The van der Waals surface area contributed by atoms with Crippen molar-refractivity contribution >= 4 is 17.6 Å². The van der Waals surface area contributed by atoms with E-state index in [4.69, 9.17) is 10.5 Å². The Morgan fingerprint density at radius 2 is 1.90 bits per heavy atom. The molecule has 1 aromatic carbocycles. The summed E-state index contributed by atoms with van der Waals surface area (Å²) < 4.78 is 5.61. The number of rotatable bonds is 3. The first-order chi connectivity index (χ1) is 9.95. The topological polar surface area (TPSA) is 84.7 Å². The van der Waals surface area contributed by atoms with Crippen LogP contribution >= 0.6 is 0 Å². The normalized spacial score (nSPS) is 21.9. The van der Waals surface area contributed by atoms with Crippen molar-refractivity contribution in [3.63, 3.8) is 0 Å². The number of para-hydroxylation sites is 1. The van der Waals surface area contributed by atoms with E-state index in [1.807, 2.05) is 26.0 Å². The van der Waals surface area contributed by atoms with Crippen LogP contribution in [-0.2, 0) is 16.0 Å². The number of amides is 3. The fourth-order valence-electron chi connectivity index (χ4n) is 2.52. The fourth-order valence-corrected chi connectivity index (χ4v) is 2.52. The van der Waals surface area contributed by atoms with E-state index in [2.05, 4.69) is 5.32 Å². The number of hydrogen-bond donors (Lipinski definition) is 2. The minimum absolute atomic E-state index is 0.0142. The van der Waals surface area contributed by atoms with Crippen LogP contribution in [-0.4, -0.2) is 42.1 Å². The van der Waals surface area contributed by atoms with Crippen LogP contribution in [0, 0.1) is 0 Å². The third-order valence-corrected chi connectivity index (χ3v) is 3.33. The lowest BCUT2D eigenvalue weighted by atomic mass is 10.1. The quantitative estimate of drug-likeness (QED) is 0.881. The maximum atomic E-state index is 12.3. The number of benzene rings is 1. The molecule has 3 N–H and O–H groups in total. The Morgan fingerprint density at radius 3 is 2.52 bits per heavy atom. The number of hydrogen-bond acceptors (Lipinski definition) is 3. The zero-order chi connectivity index (χ0) is 15.4. The fraction of sp³-hybridized carbons (Fsp3) is 0.467. The number of nitrogens with one attached hydrogen (secondary N) is 1. The Morgan fingerprint density at radius 1 is 1.29 bits per heavy atom. The van der Waals surface area contributed by atoms with Gasteiger partial charge in [-0.3, -0.25) is 4.79 Å². The summed E-state index contributed by atoms with van der Waals surface area (Å²) in [5, 5.41) is 2.85. The molecule has 21 heavy (non-hydrogen) atoms. The molecule has 1 fully saturated rings. The molecule has 2 atom stereocenters. The van der Waals surface area contributed by atoms with Crippen molar-refractivity contribution in [3.05, 3.63) is 29.8 Å². The van der Waals surface area contributed by atoms with Crippen molar-refractivity contribution in [1.29, 1.82) is 0 Å². The van der Waals surface area contributed by atoms with Gasteiger partial charge in [0.05, 0.1) is 18.6 Å². The molecule has 1 aliphatic heterocycles.